The van der Waals surface area contributed by atoms with E-state index in [0.717, 1.165) is 31.0 Å². The molecule has 2 aromatic rings. The lowest BCUT2D eigenvalue weighted by molar-refractivity contribution is -0.274. The minimum atomic E-state index is -4.90. The number of sulfonamides is 1. The zero-order valence-electron chi connectivity index (χ0n) is 12.4. The highest BCUT2D eigenvalue weighted by atomic mass is 32.2. The van der Waals surface area contributed by atoms with Crippen molar-refractivity contribution >= 4 is 15.7 Å². The summed E-state index contributed by atoms with van der Waals surface area (Å²) < 4.78 is 72.9. The van der Waals surface area contributed by atoms with Crippen LogP contribution in [0.2, 0.25) is 0 Å². The average molecular weight is 362 g/mol. The molecule has 1 fully saturated rings. The average Bonchev–Trinajstić information content (AvgIpc) is 3.24. The number of halogens is 3. The fraction of sp³-hybridized carbons (Fsp3) is 0.357. The second-order valence-electron chi connectivity index (χ2n) is 5.41. The van der Waals surface area contributed by atoms with Crippen LogP contribution in [0.3, 0.4) is 0 Å². The van der Waals surface area contributed by atoms with Gasteiger partial charge in [0.2, 0.25) is 0 Å². The van der Waals surface area contributed by atoms with Crippen LogP contribution in [-0.4, -0.2) is 19.9 Å². The molecule has 6 nitrogen and oxygen atoms in total. The van der Waals surface area contributed by atoms with Crippen molar-refractivity contribution in [3.05, 3.63) is 35.7 Å². The van der Waals surface area contributed by atoms with E-state index in [2.05, 4.69) is 14.6 Å². The van der Waals surface area contributed by atoms with Crippen LogP contribution >= 0.6 is 0 Å². The topological polar surface area (TPSA) is 81.4 Å². The summed E-state index contributed by atoms with van der Waals surface area (Å²) in [6.07, 6.45) is -3.16. The summed E-state index contributed by atoms with van der Waals surface area (Å²) in [5, 5.41) is 3.75. The van der Waals surface area contributed by atoms with Gasteiger partial charge in [-0.3, -0.25) is 4.72 Å². The summed E-state index contributed by atoms with van der Waals surface area (Å²) in [4.78, 5) is -0.355. The lowest BCUT2D eigenvalue weighted by atomic mass is 10.2. The Labute approximate surface area is 135 Å². The fourth-order valence-corrected chi connectivity index (χ4v) is 3.33. The summed E-state index contributed by atoms with van der Waals surface area (Å²) in [5.41, 5.74) is 0.600. The monoisotopic (exact) mass is 362 g/mol. The molecule has 0 amide bonds. The van der Waals surface area contributed by atoms with Crippen LogP contribution in [0, 0.1) is 6.92 Å². The molecule has 0 aliphatic heterocycles. The van der Waals surface area contributed by atoms with Gasteiger partial charge in [0.15, 0.2) is 5.76 Å². The van der Waals surface area contributed by atoms with Crippen molar-refractivity contribution in [3.63, 3.8) is 0 Å². The maximum Gasteiger partial charge on any atom is 0.573 e. The van der Waals surface area contributed by atoms with Gasteiger partial charge in [0, 0.05) is 12.0 Å². The van der Waals surface area contributed by atoms with Gasteiger partial charge in [-0.15, -0.1) is 13.2 Å². The SMILES string of the molecule is Cc1noc(C2CC2)c1NS(=O)(=O)c1cccc(OC(F)(F)F)c1. The Kier molecular flexibility index (Phi) is 3.94. The van der Waals surface area contributed by atoms with Gasteiger partial charge in [-0.05, 0) is 31.9 Å². The summed E-state index contributed by atoms with van der Waals surface area (Å²) in [6.45, 7) is 1.58. The Hall–Kier alpha value is -2.23. The Bertz CT molecular complexity index is 857. The number of aromatic nitrogens is 1. The van der Waals surface area contributed by atoms with Crippen LogP contribution in [0.25, 0.3) is 0 Å². The van der Waals surface area contributed by atoms with Crippen molar-refractivity contribution in [1.82, 2.24) is 5.16 Å². The van der Waals surface area contributed by atoms with E-state index >= 15 is 0 Å². The first-order valence-corrected chi connectivity index (χ1v) is 8.49. The van der Waals surface area contributed by atoms with Crippen LogP contribution in [0.4, 0.5) is 18.9 Å². The smallest absolute Gasteiger partial charge is 0.406 e. The minimum absolute atomic E-state index is 0.115. The Morgan fingerprint density at radius 2 is 2.04 bits per heavy atom. The first-order chi connectivity index (χ1) is 11.2. The second-order valence-corrected chi connectivity index (χ2v) is 7.09. The highest BCUT2D eigenvalue weighted by Crippen LogP contribution is 2.44. The van der Waals surface area contributed by atoms with Crippen molar-refractivity contribution in [1.29, 1.82) is 0 Å². The number of anilines is 1. The highest BCUT2D eigenvalue weighted by molar-refractivity contribution is 7.92. The van der Waals surface area contributed by atoms with Crippen LogP contribution in [0.15, 0.2) is 33.7 Å². The number of hydrogen-bond acceptors (Lipinski definition) is 5. The minimum Gasteiger partial charge on any atom is -0.406 e. The quantitative estimate of drug-likeness (QED) is 0.880. The zero-order valence-corrected chi connectivity index (χ0v) is 13.2. The van der Waals surface area contributed by atoms with Gasteiger partial charge < -0.3 is 9.26 Å². The molecule has 0 unspecified atom stereocenters. The molecule has 1 heterocycles. The van der Waals surface area contributed by atoms with E-state index in [1.54, 1.807) is 6.92 Å². The van der Waals surface area contributed by atoms with Gasteiger partial charge in [0.1, 0.15) is 17.1 Å². The van der Waals surface area contributed by atoms with Gasteiger partial charge in [-0.25, -0.2) is 8.42 Å². The van der Waals surface area contributed by atoms with Gasteiger partial charge in [0.25, 0.3) is 10.0 Å². The van der Waals surface area contributed by atoms with E-state index in [4.69, 9.17) is 4.52 Å². The first-order valence-electron chi connectivity index (χ1n) is 7.00. The molecule has 1 aliphatic carbocycles. The molecule has 1 saturated carbocycles. The number of nitrogens with zero attached hydrogens (tertiary/aromatic N) is 1. The molecular formula is C14H13F3N2O4S. The van der Waals surface area contributed by atoms with E-state index in [-0.39, 0.29) is 16.5 Å². The van der Waals surface area contributed by atoms with E-state index in [1.165, 1.54) is 6.07 Å². The van der Waals surface area contributed by atoms with Crippen molar-refractivity contribution in [3.8, 4) is 5.75 Å². The molecule has 1 aromatic heterocycles. The van der Waals surface area contributed by atoms with Gasteiger partial charge in [-0.2, -0.15) is 0 Å². The van der Waals surface area contributed by atoms with E-state index in [1.807, 2.05) is 0 Å². The summed E-state index contributed by atoms with van der Waals surface area (Å²) in [5.74, 6) is -0.0580. The van der Waals surface area contributed by atoms with Crippen LogP contribution in [0.5, 0.6) is 5.75 Å². The van der Waals surface area contributed by atoms with Gasteiger partial charge >= 0.3 is 6.36 Å². The molecule has 1 aromatic carbocycles. The Morgan fingerprint density at radius 1 is 1.33 bits per heavy atom. The van der Waals surface area contributed by atoms with Crippen molar-refractivity contribution in [2.24, 2.45) is 0 Å². The van der Waals surface area contributed by atoms with E-state index in [9.17, 15) is 21.6 Å². The molecule has 0 radical (unpaired) electrons. The van der Waals surface area contributed by atoms with Crippen LogP contribution < -0.4 is 9.46 Å². The van der Waals surface area contributed by atoms with Crippen molar-refractivity contribution in [2.45, 2.75) is 36.9 Å². The van der Waals surface area contributed by atoms with Crippen molar-refractivity contribution < 1.29 is 30.8 Å². The third-order valence-electron chi connectivity index (χ3n) is 3.42. The lowest BCUT2D eigenvalue weighted by Gasteiger charge is -2.11. The number of alkyl halides is 3. The molecular weight excluding hydrogens is 349 g/mol. The largest absolute Gasteiger partial charge is 0.573 e. The third-order valence-corrected chi connectivity index (χ3v) is 4.77. The molecule has 130 valence electrons. The number of ether oxygens (including phenoxy) is 1. The Morgan fingerprint density at radius 3 is 2.67 bits per heavy atom. The van der Waals surface area contributed by atoms with Crippen LogP contribution in [0.1, 0.15) is 30.2 Å². The van der Waals surface area contributed by atoms with E-state index < -0.39 is 22.1 Å². The molecule has 0 spiro atoms. The number of benzene rings is 1. The lowest BCUT2D eigenvalue weighted by Crippen LogP contribution is -2.18. The molecule has 0 bridgehead atoms. The summed E-state index contributed by atoms with van der Waals surface area (Å²) in [7, 11) is -4.11. The number of aryl methyl sites for hydroxylation is 1. The maximum atomic E-state index is 12.4. The third kappa shape index (κ3) is 3.64. The molecule has 10 heteroatoms. The predicted octanol–water partition coefficient (Wildman–Crippen LogP) is 3.56. The predicted molar refractivity (Wildman–Crippen MR) is 77.1 cm³/mol. The molecule has 0 atom stereocenters. The first kappa shape index (κ1) is 16.6. The van der Waals surface area contributed by atoms with Crippen LogP contribution in [-0.2, 0) is 10.0 Å². The maximum absolute atomic E-state index is 12.4. The normalized spacial score (nSPS) is 15.3. The molecule has 0 saturated heterocycles. The summed E-state index contributed by atoms with van der Waals surface area (Å²) >= 11 is 0. The van der Waals surface area contributed by atoms with Gasteiger partial charge in [0.05, 0.1) is 4.90 Å². The molecule has 1 aliphatic rings. The number of hydrogen-bond donors (Lipinski definition) is 1. The number of rotatable bonds is 5. The molecule has 1 N–H and O–H groups in total. The molecule has 3 rings (SSSR count). The van der Waals surface area contributed by atoms with Gasteiger partial charge in [-0.1, -0.05) is 11.2 Å². The summed E-state index contributed by atoms with van der Waals surface area (Å²) in [6, 6.07) is 4.16. The standard InChI is InChI=1S/C14H13F3N2O4S/c1-8-12(13(23-18-8)9-5-6-9)19-24(20,21)11-4-2-3-10(7-11)22-14(15,16)17/h2-4,7,9,19H,5-6H2,1H3. The second kappa shape index (κ2) is 5.69. The van der Waals surface area contributed by atoms with Crippen molar-refractivity contribution in [2.75, 3.05) is 4.72 Å². The number of nitrogens with one attached hydrogen (secondary N) is 1. The fourth-order valence-electron chi connectivity index (χ4n) is 2.17. The van der Waals surface area contributed by atoms with E-state index in [0.29, 0.717) is 11.5 Å². The zero-order chi connectivity index (χ0) is 17.5. The highest BCUT2D eigenvalue weighted by Gasteiger charge is 2.34. The molecule has 24 heavy (non-hydrogen) atoms. The Balaban J connectivity index is 1.89.